The van der Waals surface area contributed by atoms with Gasteiger partial charge in [-0.25, -0.2) is 14.4 Å². The molecule has 2 aromatic carbocycles. The SMILES string of the molecule is COc1cc2ncnc(Nc3ccc(Cl)c(Cl)c3F)c2cc1OC1CC2CCC(C1)N2C(=O)/C=C/CN(C)C. The zero-order valence-corrected chi connectivity index (χ0v) is 23.5. The summed E-state index contributed by atoms with van der Waals surface area (Å²) >= 11 is 11.9. The Morgan fingerprint density at radius 2 is 1.92 bits per heavy atom. The Kier molecular flexibility index (Phi) is 8.11. The number of likely N-dealkylation sites (N-methyl/N-ethyl adjacent to an activating group) is 1. The number of ether oxygens (including phenoxy) is 2. The van der Waals surface area contributed by atoms with Gasteiger partial charge in [0.1, 0.15) is 18.2 Å². The van der Waals surface area contributed by atoms with E-state index in [2.05, 4.69) is 15.3 Å². The van der Waals surface area contributed by atoms with Gasteiger partial charge in [0.2, 0.25) is 5.91 Å². The number of carbonyl (C=O) groups excluding carboxylic acids is 1. The van der Waals surface area contributed by atoms with Crippen molar-refractivity contribution in [3.63, 3.8) is 0 Å². The summed E-state index contributed by atoms with van der Waals surface area (Å²) in [5.41, 5.74) is 0.734. The van der Waals surface area contributed by atoms with Crippen LogP contribution >= 0.6 is 23.2 Å². The van der Waals surface area contributed by atoms with Gasteiger partial charge in [0.15, 0.2) is 17.3 Å². The molecular formula is C28H30Cl2FN5O3. The van der Waals surface area contributed by atoms with E-state index in [0.29, 0.717) is 28.2 Å². The van der Waals surface area contributed by atoms with Gasteiger partial charge in [0.05, 0.1) is 28.4 Å². The number of rotatable bonds is 8. The minimum Gasteiger partial charge on any atom is -0.493 e. The number of hydrogen-bond acceptors (Lipinski definition) is 7. The average molecular weight is 574 g/mol. The molecule has 0 saturated carbocycles. The van der Waals surface area contributed by atoms with Gasteiger partial charge >= 0.3 is 0 Å². The Labute approximate surface area is 236 Å². The number of aromatic nitrogens is 2. The molecule has 11 heteroatoms. The van der Waals surface area contributed by atoms with Crippen LogP contribution in [0.4, 0.5) is 15.9 Å². The van der Waals surface area contributed by atoms with Crippen LogP contribution in [0.1, 0.15) is 25.7 Å². The Balaban J connectivity index is 1.37. The molecular weight excluding hydrogens is 544 g/mol. The highest BCUT2D eigenvalue weighted by atomic mass is 35.5. The third kappa shape index (κ3) is 5.76. The van der Waals surface area contributed by atoms with E-state index >= 15 is 0 Å². The minimum absolute atomic E-state index is 0.0634. The molecule has 0 radical (unpaired) electrons. The molecule has 5 rings (SSSR count). The van der Waals surface area contributed by atoms with E-state index < -0.39 is 5.82 Å². The number of carbonyl (C=O) groups is 1. The number of hydrogen-bond donors (Lipinski definition) is 1. The standard InChI is InChI=1S/C28H30Cl2FN5O3/c1-35(2)10-4-5-25(37)36-16-6-7-17(36)12-18(11-16)39-24-13-19-22(14-23(24)38-3)32-15-33-28(19)34-21-9-8-20(29)26(30)27(21)31/h4-5,8-9,13-18H,6-7,10-12H2,1-3H3,(H,32,33,34)/b5-4+. The van der Waals surface area contributed by atoms with Gasteiger partial charge < -0.3 is 24.6 Å². The molecule has 2 saturated heterocycles. The Morgan fingerprint density at radius 1 is 1.18 bits per heavy atom. The summed E-state index contributed by atoms with van der Waals surface area (Å²) in [5, 5.41) is 3.58. The number of nitrogens with zero attached hydrogens (tertiary/aromatic N) is 4. The van der Waals surface area contributed by atoms with E-state index in [0.717, 1.165) is 32.2 Å². The third-order valence-corrected chi connectivity index (χ3v) is 7.96. The molecule has 1 N–H and O–H groups in total. The van der Waals surface area contributed by atoms with Crippen molar-refractivity contribution < 1.29 is 18.7 Å². The highest BCUT2D eigenvalue weighted by Gasteiger charge is 2.43. The summed E-state index contributed by atoms with van der Waals surface area (Å²) in [5.74, 6) is 0.843. The molecule has 2 aliphatic heterocycles. The van der Waals surface area contributed by atoms with Gasteiger partial charge in [-0.1, -0.05) is 29.3 Å². The number of methoxy groups -OCH3 is 1. The van der Waals surface area contributed by atoms with Crippen LogP contribution in [0.5, 0.6) is 11.5 Å². The second-order valence-corrected chi connectivity index (χ2v) is 10.9. The second-order valence-electron chi connectivity index (χ2n) is 10.1. The fraction of sp³-hybridized carbons (Fsp3) is 0.393. The number of benzene rings is 2. The van der Waals surface area contributed by atoms with Crippen LogP contribution in [0.15, 0.2) is 42.7 Å². The summed E-state index contributed by atoms with van der Waals surface area (Å²) < 4.78 is 26.8. The van der Waals surface area contributed by atoms with Crippen molar-refractivity contribution in [2.45, 2.75) is 43.9 Å². The van der Waals surface area contributed by atoms with E-state index in [1.54, 1.807) is 25.3 Å². The van der Waals surface area contributed by atoms with Crippen LogP contribution < -0.4 is 14.8 Å². The molecule has 2 atom stereocenters. The molecule has 39 heavy (non-hydrogen) atoms. The molecule has 3 aromatic rings. The average Bonchev–Trinajstić information content (AvgIpc) is 3.18. The maximum absolute atomic E-state index is 14.7. The van der Waals surface area contributed by atoms with Crippen molar-refractivity contribution in [2.75, 3.05) is 33.1 Å². The number of piperidine rings is 1. The van der Waals surface area contributed by atoms with Crippen molar-refractivity contribution in [1.82, 2.24) is 19.8 Å². The van der Waals surface area contributed by atoms with Gasteiger partial charge in [-0.15, -0.1) is 0 Å². The predicted octanol–water partition coefficient (Wildman–Crippen LogP) is 5.85. The zero-order chi connectivity index (χ0) is 27.7. The van der Waals surface area contributed by atoms with E-state index in [-0.39, 0.29) is 39.8 Å². The first-order valence-corrected chi connectivity index (χ1v) is 13.5. The molecule has 206 valence electrons. The molecule has 2 aliphatic rings. The minimum atomic E-state index is -0.672. The number of fused-ring (bicyclic) bond motifs is 3. The van der Waals surface area contributed by atoms with Gasteiger partial charge in [-0.3, -0.25) is 4.79 Å². The first-order valence-electron chi connectivity index (χ1n) is 12.8. The Morgan fingerprint density at radius 3 is 2.62 bits per heavy atom. The lowest BCUT2D eigenvalue weighted by atomic mass is 9.99. The van der Waals surface area contributed by atoms with Crippen molar-refractivity contribution in [2.24, 2.45) is 0 Å². The first kappa shape index (κ1) is 27.4. The molecule has 0 aliphatic carbocycles. The van der Waals surface area contributed by atoms with E-state index in [4.69, 9.17) is 32.7 Å². The van der Waals surface area contributed by atoms with Crippen LogP contribution in [0.2, 0.25) is 10.0 Å². The van der Waals surface area contributed by atoms with Gasteiger partial charge in [-0.05, 0) is 45.1 Å². The van der Waals surface area contributed by atoms with E-state index in [1.807, 2.05) is 30.0 Å². The molecule has 1 aromatic heterocycles. The maximum atomic E-state index is 14.7. The largest absolute Gasteiger partial charge is 0.493 e. The van der Waals surface area contributed by atoms with E-state index in [1.165, 1.54) is 18.5 Å². The highest BCUT2D eigenvalue weighted by molar-refractivity contribution is 6.42. The van der Waals surface area contributed by atoms with Gasteiger partial charge in [-0.2, -0.15) is 0 Å². The summed E-state index contributed by atoms with van der Waals surface area (Å²) in [6.45, 7) is 0.723. The lowest BCUT2D eigenvalue weighted by molar-refractivity contribution is -0.131. The number of nitrogens with one attached hydrogen (secondary N) is 1. The summed E-state index contributed by atoms with van der Waals surface area (Å²) in [4.78, 5) is 25.6. The summed E-state index contributed by atoms with van der Waals surface area (Å²) in [6, 6.07) is 6.85. The van der Waals surface area contributed by atoms with Crippen molar-refractivity contribution in [3.05, 3.63) is 58.6 Å². The molecule has 1 amide bonds. The quantitative estimate of drug-likeness (QED) is 0.267. The van der Waals surface area contributed by atoms with Gasteiger partial charge in [0, 0.05) is 49.0 Å². The van der Waals surface area contributed by atoms with Crippen molar-refractivity contribution in [1.29, 1.82) is 0 Å². The predicted molar refractivity (Wildman–Crippen MR) is 151 cm³/mol. The van der Waals surface area contributed by atoms with Gasteiger partial charge in [0.25, 0.3) is 0 Å². The zero-order valence-electron chi connectivity index (χ0n) is 22.0. The summed E-state index contributed by atoms with van der Waals surface area (Å²) in [6.07, 6.45) is 8.28. The second kappa shape index (κ2) is 11.5. The molecule has 8 nitrogen and oxygen atoms in total. The van der Waals surface area contributed by atoms with Crippen LogP contribution in [0.25, 0.3) is 10.9 Å². The monoisotopic (exact) mass is 573 g/mol. The Hall–Kier alpha value is -3.14. The van der Waals surface area contributed by atoms with Crippen LogP contribution in [-0.4, -0.2) is 71.6 Å². The van der Waals surface area contributed by atoms with Crippen LogP contribution in [-0.2, 0) is 4.79 Å². The van der Waals surface area contributed by atoms with E-state index in [9.17, 15) is 9.18 Å². The topological polar surface area (TPSA) is 79.8 Å². The molecule has 0 spiro atoms. The maximum Gasteiger partial charge on any atom is 0.246 e. The molecule has 3 heterocycles. The fourth-order valence-electron chi connectivity index (χ4n) is 5.38. The Bertz CT molecular complexity index is 1410. The van der Waals surface area contributed by atoms with Crippen LogP contribution in [0.3, 0.4) is 0 Å². The van der Waals surface area contributed by atoms with Crippen LogP contribution in [0, 0.1) is 5.82 Å². The molecule has 2 fully saturated rings. The van der Waals surface area contributed by atoms with Crippen molar-refractivity contribution in [3.8, 4) is 11.5 Å². The first-order chi connectivity index (χ1) is 18.7. The fourth-order valence-corrected chi connectivity index (χ4v) is 5.69. The molecule has 2 unspecified atom stereocenters. The number of amides is 1. The third-order valence-electron chi connectivity index (χ3n) is 7.18. The normalized spacial score (nSPS) is 20.7. The summed E-state index contributed by atoms with van der Waals surface area (Å²) in [7, 11) is 5.52. The molecule has 2 bridgehead atoms. The lowest BCUT2D eigenvalue weighted by Gasteiger charge is -2.38. The smallest absolute Gasteiger partial charge is 0.246 e. The number of halogens is 3. The number of anilines is 2. The van der Waals surface area contributed by atoms with Crippen molar-refractivity contribution >= 4 is 51.5 Å². The lowest BCUT2D eigenvalue weighted by Crippen LogP contribution is -2.48. The highest BCUT2D eigenvalue weighted by Crippen LogP contribution is 2.41.